The minimum absolute atomic E-state index is 0.238. The van der Waals surface area contributed by atoms with Crippen molar-refractivity contribution in [1.82, 2.24) is 4.98 Å². The van der Waals surface area contributed by atoms with Crippen LogP contribution in [0.5, 0.6) is 5.75 Å². The van der Waals surface area contributed by atoms with Gasteiger partial charge >= 0.3 is 0 Å². The lowest BCUT2D eigenvalue weighted by atomic mass is 10.2. The molecular weight excluding hydrogens is 338 g/mol. The number of nitrogens with zero attached hydrogens (tertiary/aromatic N) is 2. The highest BCUT2D eigenvalue weighted by Gasteiger charge is 2.12. The maximum atomic E-state index is 12.6. The summed E-state index contributed by atoms with van der Waals surface area (Å²) in [5.41, 5.74) is 3.27. The molecule has 3 rings (SSSR count). The molecule has 0 saturated heterocycles. The van der Waals surface area contributed by atoms with Crippen molar-refractivity contribution < 1.29 is 9.53 Å². The quantitative estimate of drug-likeness (QED) is 0.679. The molecule has 1 aromatic heterocycles. The molecule has 0 aliphatic heterocycles. The molecule has 5 heteroatoms. The van der Waals surface area contributed by atoms with Crippen molar-refractivity contribution in [2.75, 3.05) is 23.9 Å². The van der Waals surface area contributed by atoms with Crippen LogP contribution in [-0.4, -0.2) is 24.5 Å². The number of aromatic nitrogens is 1. The maximum absolute atomic E-state index is 12.6. The summed E-state index contributed by atoms with van der Waals surface area (Å²) < 4.78 is 5.13. The molecule has 0 radical (unpaired) electrons. The lowest BCUT2D eigenvalue weighted by Crippen LogP contribution is -2.23. The Hall–Kier alpha value is -3.34. The Kier molecular flexibility index (Phi) is 6.05. The molecule has 27 heavy (non-hydrogen) atoms. The van der Waals surface area contributed by atoms with Crippen LogP contribution in [0, 0.1) is 0 Å². The average Bonchev–Trinajstić information content (AvgIpc) is 2.73. The first kappa shape index (κ1) is 18.5. The highest BCUT2D eigenvalue weighted by atomic mass is 16.5. The van der Waals surface area contributed by atoms with Crippen LogP contribution in [0.25, 0.3) is 0 Å². The van der Waals surface area contributed by atoms with E-state index in [1.165, 1.54) is 5.56 Å². The van der Waals surface area contributed by atoms with E-state index in [4.69, 9.17) is 4.74 Å². The predicted molar refractivity (Wildman–Crippen MR) is 108 cm³/mol. The van der Waals surface area contributed by atoms with Crippen molar-refractivity contribution in [3.63, 3.8) is 0 Å². The third-order valence-electron chi connectivity index (χ3n) is 4.29. The van der Waals surface area contributed by atoms with Gasteiger partial charge in [-0.2, -0.15) is 0 Å². The lowest BCUT2D eigenvalue weighted by Gasteiger charge is -2.23. The third kappa shape index (κ3) is 4.85. The Balaban J connectivity index is 1.73. The first-order chi connectivity index (χ1) is 13.2. The molecule has 138 valence electrons. The van der Waals surface area contributed by atoms with Gasteiger partial charge in [0.2, 0.25) is 0 Å². The lowest BCUT2D eigenvalue weighted by molar-refractivity contribution is 0.102. The van der Waals surface area contributed by atoms with E-state index in [9.17, 15) is 4.79 Å². The minimum Gasteiger partial charge on any atom is -0.497 e. The number of carbonyl (C=O) groups is 1. The molecule has 0 aliphatic rings. The molecule has 0 atom stereocenters. The van der Waals surface area contributed by atoms with Crippen LogP contribution in [0.15, 0.2) is 72.9 Å². The van der Waals surface area contributed by atoms with E-state index in [0.29, 0.717) is 11.4 Å². The summed E-state index contributed by atoms with van der Waals surface area (Å²) in [6.07, 6.45) is 1.67. The van der Waals surface area contributed by atoms with E-state index >= 15 is 0 Å². The number of nitrogens with one attached hydrogen (secondary N) is 1. The SMILES string of the molecule is CCN(Cc1ccccc1)c1ccnc(C(=O)Nc2ccc(OC)cc2)c1. The molecule has 0 unspecified atom stereocenters. The third-order valence-corrected chi connectivity index (χ3v) is 4.29. The van der Waals surface area contributed by atoms with Crippen LogP contribution in [0.1, 0.15) is 23.0 Å². The van der Waals surface area contributed by atoms with Gasteiger partial charge in [-0.25, -0.2) is 0 Å². The van der Waals surface area contributed by atoms with Crippen LogP contribution in [0.2, 0.25) is 0 Å². The second-order valence-corrected chi connectivity index (χ2v) is 6.08. The number of ether oxygens (including phenoxy) is 1. The number of benzene rings is 2. The molecule has 5 nitrogen and oxygen atoms in total. The van der Waals surface area contributed by atoms with Gasteiger partial charge in [-0.05, 0) is 48.9 Å². The number of amides is 1. The molecule has 0 aliphatic carbocycles. The first-order valence-electron chi connectivity index (χ1n) is 8.90. The van der Waals surface area contributed by atoms with Crippen molar-refractivity contribution in [1.29, 1.82) is 0 Å². The van der Waals surface area contributed by atoms with Gasteiger partial charge in [0.25, 0.3) is 5.91 Å². The number of hydrogen-bond acceptors (Lipinski definition) is 4. The standard InChI is InChI=1S/C22H23N3O2/c1-3-25(16-17-7-5-4-6-8-17)19-13-14-23-21(15-19)22(26)24-18-9-11-20(27-2)12-10-18/h4-15H,3,16H2,1-2H3,(H,24,26). The van der Waals surface area contributed by atoms with Crippen molar-refractivity contribution in [3.8, 4) is 5.75 Å². The molecule has 3 aromatic rings. The summed E-state index contributed by atoms with van der Waals surface area (Å²) >= 11 is 0. The Bertz CT molecular complexity index is 880. The van der Waals surface area contributed by atoms with E-state index < -0.39 is 0 Å². The normalized spacial score (nSPS) is 10.3. The number of carbonyl (C=O) groups excluding carboxylic acids is 1. The smallest absolute Gasteiger partial charge is 0.274 e. The van der Waals surface area contributed by atoms with E-state index in [1.54, 1.807) is 37.6 Å². The molecule has 1 N–H and O–H groups in total. The van der Waals surface area contributed by atoms with Gasteiger partial charge in [-0.1, -0.05) is 30.3 Å². The largest absolute Gasteiger partial charge is 0.497 e. The Labute approximate surface area is 159 Å². The molecule has 0 spiro atoms. The number of hydrogen-bond donors (Lipinski definition) is 1. The summed E-state index contributed by atoms with van der Waals surface area (Å²) in [4.78, 5) is 19.0. The summed E-state index contributed by atoms with van der Waals surface area (Å²) in [6.45, 7) is 3.71. The number of methoxy groups -OCH3 is 1. The molecule has 2 aromatic carbocycles. The Morgan fingerprint density at radius 3 is 2.48 bits per heavy atom. The summed E-state index contributed by atoms with van der Waals surface area (Å²) in [5.74, 6) is 0.505. The number of anilines is 2. The molecular formula is C22H23N3O2. The van der Waals surface area contributed by atoms with Crippen molar-refractivity contribution in [3.05, 3.63) is 84.2 Å². The second kappa shape index (κ2) is 8.85. The van der Waals surface area contributed by atoms with Gasteiger partial charge < -0.3 is 15.0 Å². The van der Waals surface area contributed by atoms with Crippen molar-refractivity contribution >= 4 is 17.3 Å². The van der Waals surface area contributed by atoms with E-state index in [2.05, 4.69) is 34.3 Å². The molecule has 0 bridgehead atoms. The Morgan fingerprint density at radius 2 is 1.81 bits per heavy atom. The fourth-order valence-corrected chi connectivity index (χ4v) is 2.80. The second-order valence-electron chi connectivity index (χ2n) is 6.08. The first-order valence-corrected chi connectivity index (χ1v) is 8.90. The highest BCUT2D eigenvalue weighted by Crippen LogP contribution is 2.19. The van der Waals surface area contributed by atoms with Gasteiger partial charge in [-0.3, -0.25) is 9.78 Å². The van der Waals surface area contributed by atoms with Gasteiger partial charge in [0.15, 0.2) is 0 Å². The van der Waals surface area contributed by atoms with Gasteiger partial charge in [0.1, 0.15) is 11.4 Å². The highest BCUT2D eigenvalue weighted by molar-refractivity contribution is 6.03. The van der Waals surface area contributed by atoms with Crippen LogP contribution in [0.3, 0.4) is 0 Å². The number of rotatable bonds is 7. The number of pyridine rings is 1. The van der Waals surface area contributed by atoms with E-state index in [-0.39, 0.29) is 5.91 Å². The molecule has 1 heterocycles. The summed E-state index contributed by atoms with van der Waals surface area (Å²) in [6, 6.07) is 21.2. The zero-order valence-electron chi connectivity index (χ0n) is 15.6. The predicted octanol–water partition coefficient (Wildman–Crippen LogP) is 4.37. The maximum Gasteiger partial charge on any atom is 0.274 e. The van der Waals surface area contributed by atoms with Crippen LogP contribution in [0.4, 0.5) is 11.4 Å². The zero-order chi connectivity index (χ0) is 19.1. The van der Waals surface area contributed by atoms with Gasteiger partial charge in [0.05, 0.1) is 7.11 Å². The van der Waals surface area contributed by atoms with Crippen molar-refractivity contribution in [2.45, 2.75) is 13.5 Å². The van der Waals surface area contributed by atoms with Gasteiger partial charge in [0, 0.05) is 30.7 Å². The molecule has 0 saturated carbocycles. The molecule has 0 fully saturated rings. The topological polar surface area (TPSA) is 54.5 Å². The van der Waals surface area contributed by atoms with Crippen LogP contribution in [-0.2, 0) is 6.54 Å². The fourth-order valence-electron chi connectivity index (χ4n) is 2.80. The fraction of sp³-hybridized carbons (Fsp3) is 0.182. The summed E-state index contributed by atoms with van der Waals surface area (Å²) in [7, 11) is 1.61. The minimum atomic E-state index is -0.238. The Morgan fingerprint density at radius 1 is 1.07 bits per heavy atom. The molecule has 1 amide bonds. The average molecular weight is 361 g/mol. The van der Waals surface area contributed by atoms with Crippen LogP contribution < -0.4 is 15.0 Å². The van der Waals surface area contributed by atoms with E-state index in [1.807, 2.05) is 30.3 Å². The van der Waals surface area contributed by atoms with E-state index in [0.717, 1.165) is 24.5 Å². The van der Waals surface area contributed by atoms with Crippen molar-refractivity contribution in [2.24, 2.45) is 0 Å². The van der Waals surface area contributed by atoms with Crippen LogP contribution >= 0.6 is 0 Å². The zero-order valence-corrected chi connectivity index (χ0v) is 15.6. The summed E-state index contributed by atoms with van der Waals surface area (Å²) in [5, 5.41) is 2.87. The monoisotopic (exact) mass is 361 g/mol. The van der Waals surface area contributed by atoms with Gasteiger partial charge in [-0.15, -0.1) is 0 Å².